The highest BCUT2D eigenvalue weighted by atomic mass is 19.1. The number of benzene rings is 1. The van der Waals surface area contributed by atoms with Gasteiger partial charge in [0, 0.05) is 17.3 Å². The van der Waals surface area contributed by atoms with E-state index in [1.54, 1.807) is 42.2 Å². The third kappa shape index (κ3) is 2.28. The molecule has 0 aliphatic carbocycles. The minimum Gasteiger partial charge on any atom is -0.389 e. The molecule has 16 heavy (non-hydrogen) atoms. The topological polar surface area (TPSA) is 38.1 Å². The maximum absolute atomic E-state index is 13.4. The van der Waals surface area contributed by atoms with Gasteiger partial charge in [0.15, 0.2) is 0 Å². The molecule has 84 valence electrons. The molecule has 1 atom stereocenters. The summed E-state index contributed by atoms with van der Waals surface area (Å²) in [5, 5.41) is 13.4. The van der Waals surface area contributed by atoms with Crippen molar-refractivity contribution in [3.8, 4) is 0 Å². The summed E-state index contributed by atoms with van der Waals surface area (Å²) in [6, 6.07) is 6.59. The number of rotatable bonds is 3. The Labute approximate surface area is 93.2 Å². The van der Waals surface area contributed by atoms with Crippen LogP contribution in [0, 0.1) is 5.82 Å². The fourth-order valence-electron chi connectivity index (χ4n) is 1.48. The molecule has 3 nitrogen and oxygen atoms in total. The Kier molecular flexibility index (Phi) is 3.01. The molecule has 1 unspecified atom stereocenters. The lowest BCUT2D eigenvalue weighted by Crippen LogP contribution is -2.02. The molecule has 0 bridgehead atoms. The van der Waals surface area contributed by atoms with E-state index in [9.17, 15) is 9.50 Å². The first kappa shape index (κ1) is 10.8. The fourth-order valence-corrected chi connectivity index (χ4v) is 1.48. The Bertz CT molecular complexity index is 479. The Morgan fingerprint density at radius 1 is 1.44 bits per heavy atom. The molecule has 0 spiro atoms. The van der Waals surface area contributed by atoms with Crippen LogP contribution in [-0.2, 0) is 6.54 Å². The molecule has 2 aromatic rings. The van der Waals surface area contributed by atoms with Crippen molar-refractivity contribution in [2.75, 3.05) is 0 Å². The molecule has 1 heterocycles. The molecule has 0 aliphatic rings. The third-order valence-electron chi connectivity index (χ3n) is 2.43. The van der Waals surface area contributed by atoms with Gasteiger partial charge in [0.2, 0.25) is 0 Å². The second-order valence-corrected chi connectivity index (χ2v) is 3.74. The highest BCUT2D eigenvalue weighted by Gasteiger charge is 2.06. The normalized spacial score (nSPS) is 12.7. The maximum Gasteiger partial charge on any atom is 0.128 e. The SMILES string of the molecule is CC(O)c1cnn(Cc2ccccc2F)c1. The van der Waals surface area contributed by atoms with E-state index >= 15 is 0 Å². The number of nitrogens with zero attached hydrogens (tertiary/aromatic N) is 2. The summed E-state index contributed by atoms with van der Waals surface area (Å²) in [6.07, 6.45) is 2.76. The van der Waals surface area contributed by atoms with Crippen molar-refractivity contribution in [1.29, 1.82) is 0 Å². The molecule has 0 saturated heterocycles. The van der Waals surface area contributed by atoms with Crippen LogP contribution in [0.25, 0.3) is 0 Å². The second kappa shape index (κ2) is 4.45. The van der Waals surface area contributed by atoms with E-state index in [0.29, 0.717) is 12.1 Å². The average Bonchev–Trinajstić information content (AvgIpc) is 2.70. The number of aliphatic hydroxyl groups is 1. The summed E-state index contributed by atoms with van der Waals surface area (Å²) in [5.74, 6) is -0.239. The van der Waals surface area contributed by atoms with Crippen LogP contribution in [0.1, 0.15) is 24.2 Å². The summed E-state index contributed by atoms with van der Waals surface area (Å²) >= 11 is 0. The molecule has 1 aromatic carbocycles. The minimum absolute atomic E-state index is 0.239. The van der Waals surface area contributed by atoms with E-state index in [1.165, 1.54) is 6.07 Å². The predicted molar refractivity (Wildman–Crippen MR) is 58.4 cm³/mol. The fraction of sp³-hybridized carbons (Fsp3) is 0.250. The van der Waals surface area contributed by atoms with Gasteiger partial charge in [-0.25, -0.2) is 4.39 Å². The summed E-state index contributed by atoms with van der Waals surface area (Å²) in [4.78, 5) is 0. The van der Waals surface area contributed by atoms with Crippen molar-refractivity contribution >= 4 is 0 Å². The Morgan fingerprint density at radius 2 is 2.19 bits per heavy atom. The number of aromatic nitrogens is 2. The predicted octanol–water partition coefficient (Wildman–Crippen LogP) is 2.12. The lowest BCUT2D eigenvalue weighted by molar-refractivity contribution is 0.199. The van der Waals surface area contributed by atoms with Crippen molar-refractivity contribution in [2.45, 2.75) is 19.6 Å². The van der Waals surface area contributed by atoms with Crippen LogP contribution in [-0.4, -0.2) is 14.9 Å². The zero-order chi connectivity index (χ0) is 11.5. The van der Waals surface area contributed by atoms with Crippen LogP contribution in [0.5, 0.6) is 0 Å². The molecule has 1 N–H and O–H groups in total. The molecular formula is C12H13FN2O. The van der Waals surface area contributed by atoms with Gasteiger partial charge < -0.3 is 5.11 Å². The monoisotopic (exact) mass is 220 g/mol. The lowest BCUT2D eigenvalue weighted by Gasteiger charge is -2.03. The standard InChI is InChI=1S/C12H13FN2O/c1-9(16)11-6-14-15(8-11)7-10-4-2-3-5-12(10)13/h2-6,8-9,16H,7H2,1H3. The number of aliphatic hydroxyl groups excluding tert-OH is 1. The molecule has 0 fully saturated rings. The molecule has 0 aliphatic heterocycles. The third-order valence-corrected chi connectivity index (χ3v) is 2.43. The first-order valence-electron chi connectivity index (χ1n) is 5.10. The Balaban J connectivity index is 2.18. The molecule has 4 heteroatoms. The van der Waals surface area contributed by atoms with E-state index < -0.39 is 6.10 Å². The average molecular weight is 220 g/mol. The van der Waals surface area contributed by atoms with Crippen molar-refractivity contribution in [2.24, 2.45) is 0 Å². The van der Waals surface area contributed by atoms with Crippen LogP contribution >= 0.6 is 0 Å². The van der Waals surface area contributed by atoms with Crippen molar-refractivity contribution in [3.05, 3.63) is 53.6 Å². The van der Waals surface area contributed by atoms with Crippen LogP contribution in [0.15, 0.2) is 36.7 Å². The van der Waals surface area contributed by atoms with E-state index in [0.717, 1.165) is 5.56 Å². The van der Waals surface area contributed by atoms with E-state index in [1.807, 2.05) is 0 Å². The van der Waals surface area contributed by atoms with Crippen molar-refractivity contribution in [3.63, 3.8) is 0 Å². The Morgan fingerprint density at radius 3 is 2.81 bits per heavy atom. The van der Waals surface area contributed by atoms with Crippen molar-refractivity contribution < 1.29 is 9.50 Å². The quantitative estimate of drug-likeness (QED) is 0.860. The number of hydrogen-bond acceptors (Lipinski definition) is 2. The van der Waals surface area contributed by atoms with Gasteiger partial charge in [-0.05, 0) is 13.0 Å². The highest BCUT2D eigenvalue weighted by Crippen LogP contribution is 2.12. The van der Waals surface area contributed by atoms with Crippen molar-refractivity contribution in [1.82, 2.24) is 9.78 Å². The Hall–Kier alpha value is -1.68. The summed E-state index contributed by atoms with van der Waals surface area (Å²) in [6.45, 7) is 2.05. The van der Waals surface area contributed by atoms with Gasteiger partial charge in [-0.2, -0.15) is 5.10 Å². The van der Waals surface area contributed by atoms with E-state index in [4.69, 9.17) is 0 Å². The van der Waals surface area contributed by atoms with Gasteiger partial charge in [0.1, 0.15) is 5.82 Å². The molecule has 1 aromatic heterocycles. The summed E-state index contributed by atoms with van der Waals surface area (Å²) in [7, 11) is 0. The highest BCUT2D eigenvalue weighted by molar-refractivity contribution is 5.18. The van der Waals surface area contributed by atoms with Gasteiger partial charge in [-0.3, -0.25) is 4.68 Å². The lowest BCUT2D eigenvalue weighted by atomic mass is 10.2. The molecule has 0 radical (unpaired) electrons. The van der Waals surface area contributed by atoms with Gasteiger partial charge in [-0.15, -0.1) is 0 Å². The first-order chi connectivity index (χ1) is 7.66. The molecule has 2 rings (SSSR count). The minimum atomic E-state index is -0.547. The number of hydrogen-bond donors (Lipinski definition) is 1. The van der Waals surface area contributed by atoms with Gasteiger partial charge in [0.05, 0.1) is 18.8 Å². The zero-order valence-electron chi connectivity index (χ0n) is 8.97. The van der Waals surface area contributed by atoms with Crippen LogP contribution < -0.4 is 0 Å². The smallest absolute Gasteiger partial charge is 0.128 e. The van der Waals surface area contributed by atoms with Crippen LogP contribution in [0.2, 0.25) is 0 Å². The van der Waals surface area contributed by atoms with E-state index in [2.05, 4.69) is 5.10 Å². The first-order valence-corrected chi connectivity index (χ1v) is 5.10. The largest absolute Gasteiger partial charge is 0.389 e. The van der Waals surface area contributed by atoms with Gasteiger partial charge in [0.25, 0.3) is 0 Å². The van der Waals surface area contributed by atoms with Gasteiger partial charge in [-0.1, -0.05) is 18.2 Å². The van der Waals surface area contributed by atoms with Crippen LogP contribution in [0.3, 0.4) is 0 Å². The van der Waals surface area contributed by atoms with Gasteiger partial charge >= 0.3 is 0 Å². The van der Waals surface area contributed by atoms with Crippen LogP contribution in [0.4, 0.5) is 4.39 Å². The second-order valence-electron chi connectivity index (χ2n) is 3.74. The number of halogens is 1. The molecule has 0 saturated carbocycles. The van der Waals surface area contributed by atoms with E-state index in [-0.39, 0.29) is 5.82 Å². The molecule has 0 amide bonds. The molecular weight excluding hydrogens is 207 g/mol. The maximum atomic E-state index is 13.4. The summed E-state index contributed by atoms with van der Waals surface area (Å²) in [5.41, 5.74) is 1.32. The zero-order valence-corrected chi connectivity index (χ0v) is 8.97. The summed E-state index contributed by atoms with van der Waals surface area (Å²) < 4.78 is 15.0.